The van der Waals surface area contributed by atoms with Crippen LogP contribution in [-0.2, 0) is 17.8 Å². The molecule has 3 nitrogen and oxygen atoms in total. The van der Waals surface area contributed by atoms with Crippen LogP contribution in [0.25, 0.3) is 0 Å². The second-order valence-electron chi connectivity index (χ2n) is 5.01. The summed E-state index contributed by atoms with van der Waals surface area (Å²) in [5.74, 6) is 1.54. The van der Waals surface area contributed by atoms with E-state index in [1.807, 2.05) is 24.3 Å². The van der Waals surface area contributed by atoms with Gasteiger partial charge in [-0.1, -0.05) is 25.1 Å². The Labute approximate surface area is 156 Å². The maximum Gasteiger partial charge on any atom is 0.357 e. The van der Waals surface area contributed by atoms with E-state index >= 15 is 0 Å². The highest BCUT2D eigenvalue weighted by atomic mass is 127. The zero-order valence-corrected chi connectivity index (χ0v) is 16.4. The Bertz CT molecular complexity index is 701. The van der Waals surface area contributed by atoms with Crippen molar-refractivity contribution in [2.75, 3.05) is 7.11 Å². The molecule has 0 N–H and O–H groups in total. The van der Waals surface area contributed by atoms with Crippen LogP contribution in [-0.4, -0.2) is 12.3 Å². The largest absolute Gasteiger partial charge is 0.488 e. The summed E-state index contributed by atoms with van der Waals surface area (Å²) in [7, 11) is 1.49. The zero-order chi connectivity index (χ0) is 16.8. The molecule has 0 aromatic heterocycles. The lowest BCUT2D eigenvalue weighted by Crippen LogP contribution is -2.10. The number of hydrogen-bond acceptors (Lipinski definition) is 4. The molecule has 0 fully saturated rings. The molecule has 0 unspecified atom stereocenters. The van der Waals surface area contributed by atoms with Gasteiger partial charge in [0, 0.05) is 21.4 Å². The van der Waals surface area contributed by atoms with E-state index < -0.39 is 0 Å². The van der Waals surface area contributed by atoms with Crippen molar-refractivity contribution in [2.24, 2.45) is 0 Å². The summed E-state index contributed by atoms with van der Waals surface area (Å²) in [4.78, 5) is 0. The molecule has 122 valence electrons. The maximum atomic E-state index is 5.99. The molecule has 5 heteroatoms. The molecule has 0 aliphatic heterocycles. The van der Waals surface area contributed by atoms with Crippen molar-refractivity contribution in [3.63, 3.8) is 0 Å². The lowest BCUT2D eigenvalue weighted by Gasteiger charge is -2.15. The first-order valence-electron chi connectivity index (χ1n) is 7.30. The van der Waals surface area contributed by atoms with Gasteiger partial charge in [-0.15, -0.1) is 0 Å². The predicted octanol–water partition coefficient (Wildman–Crippen LogP) is 5.05. The van der Waals surface area contributed by atoms with Crippen molar-refractivity contribution >= 4 is 40.0 Å². The lowest BCUT2D eigenvalue weighted by molar-refractivity contribution is 0.287. The number of halogens is 1. The standard InChI is InChI=1S/C18H19IO3S/c1-4-13-8-9-16(12(2)10-13)21-11-14-15(19)6-5-7-17(14)22-18(23)20-3/h5-10H,4,11H2,1-3H3. The molecule has 0 atom stereocenters. The molecule has 0 radical (unpaired) electrons. The Morgan fingerprint density at radius 2 is 1.96 bits per heavy atom. The van der Waals surface area contributed by atoms with E-state index in [4.69, 9.17) is 26.4 Å². The van der Waals surface area contributed by atoms with E-state index in [1.54, 1.807) is 0 Å². The minimum Gasteiger partial charge on any atom is -0.488 e. The number of thiocarbonyl (C=S) groups is 1. The van der Waals surface area contributed by atoms with Crippen molar-refractivity contribution < 1.29 is 14.2 Å². The SMILES string of the molecule is CCc1ccc(OCc2c(I)cccc2OC(=S)OC)c(C)c1. The van der Waals surface area contributed by atoms with Gasteiger partial charge >= 0.3 is 5.24 Å². The highest BCUT2D eigenvalue weighted by Crippen LogP contribution is 2.27. The number of benzene rings is 2. The number of aryl methyl sites for hydroxylation is 2. The Kier molecular flexibility index (Phi) is 6.65. The van der Waals surface area contributed by atoms with E-state index in [0.717, 1.165) is 26.9 Å². The molecule has 0 aliphatic rings. The molecule has 0 saturated heterocycles. The van der Waals surface area contributed by atoms with Crippen LogP contribution in [0.4, 0.5) is 0 Å². The summed E-state index contributed by atoms with van der Waals surface area (Å²) in [6, 6.07) is 12.1. The molecular weight excluding hydrogens is 423 g/mol. The van der Waals surface area contributed by atoms with Crippen molar-refractivity contribution in [1.82, 2.24) is 0 Å². The highest BCUT2D eigenvalue weighted by Gasteiger charge is 2.12. The fraction of sp³-hybridized carbons (Fsp3) is 0.278. The van der Waals surface area contributed by atoms with Crippen LogP contribution in [0.3, 0.4) is 0 Å². The van der Waals surface area contributed by atoms with E-state index in [1.165, 1.54) is 12.7 Å². The van der Waals surface area contributed by atoms with Gasteiger partial charge in [-0.3, -0.25) is 0 Å². The summed E-state index contributed by atoms with van der Waals surface area (Å²) in [5.41, 5.74) is 3.38. The van der Waals surface area contributed by atoms with Gasteiger partial charge in [0.1, 0.15) is 18.1 Å². The van der Waals surface area contributed by atoms with Gasteiger partial charge in [-0.25, -0.2) is 0 Å². The van der Waals surface area contributed by atoms with Crippen LogP contribution in [0.5, 0.6) is 11.5 Å². The first kappa shape index (κ1) is 18.0. The zero-order valence-electron chi connectivity index (χ0n) is 13.4. The third-order valence-corrected chi connectivity index (χ3v) is 4.72. The van der Waals surface area contributed by atoms with Crippen molar-refractivity contribution in [1.29, 1.82) is 0 Å². The van der Waals surface area contributed by atoms with Crippen LogP contribution >= 0.6 is 34.8 Å². The average Bonchev–Trinajstić information content (AvgIpc) is 2.55. The normalized spacial score (nSPS) is 10.3. The van der Waals surface area contributed by atoms with Crippen LogP contribution in [0, 0.1) is 10.5 Å². The van der Waals surface area contributed by atoms with E-state index in [0.29, 0.717) is 12.4 Å². The van der Waals surface area contributed by atoms with Gasteiger partial charge in [0.05, 0.1) is 7.11 Å². The van der Waals surface area contributed by atoms with Crippen LogP contribution in [0.1, 0.15) is 23.6 Å². The molecule has 23 heavy (non-hydrogen) atoms. The Morgan fingerprint density at radius 1 is 1.17 bits per heavy atom. The minimum atomic E-state index is 0.0942. The van der Waals surface area contributed by atoms with Crippen molar-refractivity contribution in [3.05, 3.63) is 56.7 Å². The first-order chi connectivity index (χ1) is 11.0. The fourth-order valence-corrected chi connectivity index (χ4v) is 2.87. The highest BCUT2D eigenvalue weighted by molar-refractivity contribution is 14.1. The summed E-state index contributed by atoms with van der Waals surface area (Å²) >= 11 is 7.24. The Hall–Kier alpha value is -1.34. The van der Waals surface area contributed by atoms with Gasteiger partial charge in [0.2, 0.25) is 0 Å². The van der Waals surface area contributed by atoms with Gasteiger partial charge in [-0.05, 0) is 65.3 Å². The van der Waals surface area contributed by atoms with Crippen molar-refractivity contribution in [2.45, 2.75) is 26.9 Å². The maximum absolute atomic E-state index is 5.99. The minimum absolute atomic E-state index is 0.0942. The average molecular weight is 442 g/mol. The third-order valence-electron chi connectivity index (χ3n) is 3.46. The summed E-state index contributed by atoms with van der Waals surface area (Å²) in [5, 5.41) is 0.0942. The molecule has 2 rings (SSSR count). The molecule has 0 aliphatic carbocycles. The molecule has 0 spiro atoms. The van der Waals surface area contributed by atoms with Gasteiger partial charge in [0.15, 0.2) is 0 Å². The quantitative estimate of drug-likeness (QED) is 0.479. The topological polar surface area (TPSA) is 27.7 Å². The Balaban J connectivity index is 2.18. The second kappa shape index (κ2) is 8.49. The number of rotatable bonds is 5. The van der Waals surface area contributed by atoms with Crippen molar-refractivity contribution in [3.8, 4) is 11.5 Å². The first-order valence-corrected chi connectivity index (χ1v) is 8.79. The van der Waals surface area contributed by atoms with E-state index in [-0.39, 0.29) is 5.24 Å². The molecule has 0 bridgehead atoms. The molecule has 0 heterocycles. The van der Waals surface area contributed by atoms with Crippen LogP contribution < -0.4 is 9.47 Å². The molecule has 2 aromatic carbocycles. The smallest absolute Gasteiger partial charge is 0.357 e. The Morgan fingerprint density at radius 3 is 2.61 bits per heavy atom. The summed E-state index contributed by atoms with van der Waals surface area (Å²) in [6.07, 6.45) is 1.02. The predicted molar refractivity (Wildman–Crippen MR) is 104 cm³/mol. The molecule has 2 aromatic rings. The van der Waals surface area contributed by atoms with E-state index in [2.05, 4.69) is 48.6 Å². The summed E-state index contributed by atoms with van der Waals surface area (Å²) < 4.78 is 17.5. The van der Waals surface area contributed by atoms with Crippen LogP contribution in [0.2, 0.25) is 0 Å². The molecule has 0 saturated carbocycles. The number of ether oxygens (including phenoxy) is 3. The van der Waals surface area contributed by atoms with Crippen LogP contribution in [0.15, 0.2) is 36.4 Å². The van der Waals surface area contributed by atoms with E-state index in [9.17, 15) is 0 Å². The lowest BCUT2D eigenvalue weighted by atomic mass is 10.1. The van der Waals surface area contributed by atoms with Gasteiger partial charge in [-0.2, -0.15) is 0 Å². The number of hydrogen-bond donors (Lipinski definition) is 0. The number of methoxy groups -OCH3 is 1. The molecular formula is C18H19IO3S. The third kappa shape index (κ3) is 4.81. The van der Waals surface area contributed by atoms with Gasteiger partial charge < -0.3 is 14.2 Å². The molecule has 0 amide bonds. The fourth-order valence-electron chi connectivity index (χ4n) is 2.15. The second-order valence-corrected chi connectivity index (χ2v) is 6.51. The monoisotopic (exact) mass is 442 g/mol. The van der Waals surface area contributed by atoms with Gasteiger partial charge in [0.25, 0.3) is 0 Å². The summed E-state index contributed by atoms with van der Waals surface area (Å²) in [6.45, 7) is 4.61.